The Kier molecular flexibility index (Phi) is 5.21. The monoisotopic (exact) mass is 362 g/mol. The second-order valence-electron chi connectivity index (χ2n) is 5.43. The van der Waals surface area contributed by atoms with Crippen molar-refractivity contribution in [1.29, 1.82) is 0 Å². The number of fused-ring (bicyclic) bond motifs is 1. The summed E-state index contributed by atoms with van der Waals surface area (Å²) in [7, 11) is 0. The van der Waals surface area contributed by atoms with E-state index in [9.17, 15) is 9.18 Å². The maximum atomic E-state index is 13.0. The fourth-order valence-electron chi connectivity index (χ4n) is 2.43. The Labute approximate surface area is 148 Å². The molecule has 0 amide bonds. The minimum atomic E-state index is -0.259. The standard InChI is InChI=1S/C18H16ClFN2OS/c1-2-9-22-17(23)15-8-5-13(19)10-16(15)21-18(22)24-11-12-3-6-14(20)7-4-12/h3-8,10H,2,9,11H2,1H3. The van der Waals surface area contributed by atoms with Crippen LogP contribution < -0.4 is 5.56 Å². The number of thioether (sulfide) groups is 1. The van der Waals surface area contributed by atoms with E-state index < -0.39 is 0 Å². The molecule has 0 N–H and O–H groups in total. The van der Waals surface area contributed by atoms with Crippen molar-refractivity contribution in [2.75, 3.05) is 0 Å². The van der Waals surface area contributed by atoms with Crippen LogP contribution >= 0.6 is 23.4 Å². The molecule has 1 aromatic heterocycles. The number of nitrogens with zero attached hydrogens (tertiary/aromatic N) is 2. The van der Waals surface area contributed by atoms with Crippen molar-refractivity contribution < 1.29 is 4.39 Å². The number of benzene rings is 2. The molecular weight excluding hydrogens is 347 g/mol. The lowest BCUT2D eigenvalue weighted by atomic mass is 10.2. The van der Waals surface area contributed by atoms with Crippen molar-refractivity contribution in [2.24, 2.45) is 0 Å². The summed E-state index contributed by atoms with van der Waals surface area (Å²) >= 11 is 7.49. The van der Waals surface area contributed by atoms with E-state index in [1.54, 1.807) is 34.9 Å². The van der Waals surface area contributed by atoms with Gasteiger partial charge in [-0.1, -0.05) is 42.4 Å². The first-order chi connectivity index (χ1) is 11.6. The van der Waals surface area contributed by atoms with E-state index >= 15 is 0 Å². The van der Waals surface area contributed by atoms with Gasteiger partial charge in [-0.05, 0) is 42.3 Å². The molecule has 0 unspecified atom stereocenters. The first-order valence-corrected chi connectivity index (χ1v) is 9.02. The van der Waals surface area contributed by atoms with Crippen LogP contribution in [0, 0.1) is 5.82 Å². The highest BCUT2D eigenvalue weighted by molar-refractivity contribution is 7.98. The summed E-state index contributed by atoms with van der Waals surface area (Å²) in [5, 5.41) is 1.78. The maximum Gasteiger partial charge on any atom is 0.262 e. The smallest absolute Gasteiger partial charge is 0.262 e. The van der Waals surface area contributed by atoms with Gasteiger partial charge in [0.2, 0.25) is 0 Å². The number of halogens is 2. The molecule has 0 bridgehead atoms. The molecule has 0 aliphatic heterocycles. The van der Waals surface area contributed by atoms with Crippen molar-refractivity contribution in [3.63, 3.8) is 0 Å². The van der Waals surface area contributed by atoms with Crippen LogP contribution in [0.1, 0.15) is 18.9 Å². The van der Waals surface area contributed by atoms with Crippen LogP contribution in [-0.2, 0) is 12.3 Å². The van der Waals surface area contributed by atoms with Gasteiger partial charge in [0.1, 0.15) is 5.82 Å². The van der Waals surface area contributed by atoms with E-state index in [1.807, 2.05) is 6.92 Å². The Morgan fingerprint density at radius 2 is 1.96 bits per heavy atom. The third-order valence-corrected chi connectivity index (χ3v) is 4.89. The Bertz CT molecular complexity index is 925. The Morgan fingerprint density at radius 1 is 1.21 bits per heavy atom. The summed E-state index contributed by atoms with van der Waals surface area (Å²) < 4.78 is 14.7. The molecule has 3 nitrogen and oxygen atoms in total. The molecule has 6 heteroatoms. The summed E-state index contributed by atoms with van der Waals surface area (Å²) in [6.07, 6.45) is 0.838. The van der Waals surface area contributed by atoms with Gasteiger partial charge in [-0.3, -0.25) is 9.36 Å². The zero-order valence-corrected chi connectivity index (χ0v) is 14.7. The van der Waals surface area contributed by atoms with Crippen molar-refractivity contribution >= 4 is 34.3 Å². The van der Waals surface area contributed by atoms with Gasteiger partial charge < -0.3 is 0 Å². The van der Waals surface area contributed by atoms with Crippen molar-refractivity contribution in [2.45, 2.75) is 30.8 Å². The molecule has 0 saturated heterocycles. The topological polar surface area (TPSA) is 34.9 Å². The van der Waals surface area contributed by atoms with E-state index in [0.717, 1.165) is 12.0 Å². The largest absolute Gasteiger partial charge is 0.287 e. The van der Waals surface area contributed by atoms with Gasteiger partial charge >= 0.3 is 0 Å². The number of hydrogen-bond donors (Lipinski definition) is 0. The van der Waals surface area contributed by atoms with Crippen LogP contribution in [-0.4, -0.2) is 9.55 Å². The quantitative estimate of drug-likeness (QED) is 0.478. The molecular formula is C18H16ClFN2OS. The average molecular weight is 363 g/mol. The van der Waals surface area contributed by atoms with Gasteiger partial charge in [-0.2, -0.15) is 0 Å². The van der Waals surface area contributed by atoms with E-state index in [0.29, 0.717) is 33.4 Å². The minimum Gasteiger partial charge on any atom is -0.287 e. The number of aromatic nitrogens is 2. The summed E-state index contributed by atoms with van der Waals surface area (Å²) in [4.78, 5) is 17.3. The lowest BCUT2D eigenvalue weighted by Crippen LogP contribution is -2.23. The van der Waals surface area contributed by atoms with Crippen LogP contribution in [0.3, 0.4) is 0 Å². The normalized spacial score (nSPS) is 11.1. The fraction of sp³-hybridized carbons (Fsp3) is 0.222. The zero-order valence-electron chi connectivity index (χ0n) is 13.1. The molecule has 1 heterocycles. The first-order valence-electron chi connectivity index (χ1n) is 7.66. The van der Waals surface area contributed by atoms with Gasteiger partial charge in [0.25, 0.3) is 5.56 Å². The molecule has 124 valence electrons. The summed E-state index contributed by atoms with van der Waals surface area (Å²) in [5.74, 6) is 0.354. The summed E-state index contributed by atoms with van der Waals surface area (Å²) in [5.41, 5.74) is 1.52. The molecule has 0 fully saturated rings. The lowest BCUT2D eigenvalue weighted by molar-refractivity contribution is 0.584. The van der Waals surface area contributed by atoms with Gasteiger partial charge in [0.05, 0.1) is 10.9 Å². The number of hydrogen-bond acceptors (Lipinski definition) is 3. The van der Waals surface area contributed by atoms with Crippen LogP contribution in [0.5, 0.6) is 0 Å². The molecule has 0 saturated carbocycles. The third-order valence-electron chi connectivity index (χ3n) is 3.61. The van der Waals surface area contributed by atoms with Gasteiger partial charge in [0.15, 0.2) is 5.16 Å². The molecule has 0 atom stereocenters. The average Bonchev–Trinajstić information content (AvgIpc) is 2.57. The first kappa shape index (κ1) is 17.0. The zero-order chi connectivity index (χ0) is 17.1. The summed E-state index contributed by atoms with van der Waals surface area (Å²) in [6, 6.07) is 11.5. The Morgan fingerprint density at radius 3 is 2.67 bits per heavy atom. The van der Waals surface area contributed by atoms with Crippen LogP contribution in [0.25, 0.3) is 10.9 Å². The third kappa shape index (κ3) is 3.62. The molecule has 3 aromatic rings. The highest BCUT2D eigenvalue weighted by Crippen LogP contribution is 2.23. The van der Waals surface area contributed by atoms with Crippen molar-refractivity contribution in [1.82, 2.24) is 9.55 Å². The molecule has 24 heavy (non-hydrogen) atoms. The predicted molar refractivity (Wildman–Crippen MR) is 97.3 cm³/mol. The molecule has 0 aliphatic rings. The molecule has 3 rings (SSSR count). The van der Waals surface area contributed by atoms with E-state index in [-0.39, 0.29) is 11.4 Å². The van der Waals surface area contributed by atoms with E-state index in [1.165, 1.54) is 23.9 Å². The van der Waals surface area contributed by atoms with Gasteiger partial charge in [-0.15, -0.1) is 0 Å². The van der Waals surface area contributed by atoms with Gasteiger partial charge in [0, 0.05) is 17.3 Å². The fourth-order valence-corrected chi connectivity index (χ4v) is 3.58. The highest BCUT2D eigenvalue weighted by atomic mass is 35.5. The van der Waals surface area contributed by atoms with Crippen LogP contribution in [0.2, 0.25) is 5.02 Å². The lowest BCUT2D eigenvalue weighted by Gasteiger charge is -2.12. The predicted octanol–water partition coefficient (Wildman–Crippen LogP) is 4.89. The second-order valence-corrected chi connectivity index (χ2v) is 6.81. The van der Waals surface area contributed by atoms with E-state index in [4.69, 9.17) is 11.6 Å². The van der Waals surface area contributed by atoms with Gasteiger partial charge in [-0.25, -0.2) is 9.37 Å². The SMILES string of the molecule is CCCn1c(SCc2ccc(F)cc2)nc2cc(Cl)ccc2c1=O. The Hall–Kier alpha value is -1.85. The van der Waals surface area contributed by atoms with Crippen LogP contribution in [0.4, 0.5) is 4.39 Å². The maximum absolute atomic E-state index is 13.0. The molecule has 0 aliphatic carbocycles. The van der Waals surface area contributed by atoms with Crippen molar-refractivity contribution in [3.8, 4) is 0 Å². The second kappa shape index (κ2) is 7.36. The van der Waals surface area contributed by atoms with E-state index in [2.05, 4.69) is 4.98 Å². The summed E-state index contributed by atoms with van der Waals surface area (Å²) in [6.45, 7) is 2.63. The van der Waals surface area contributed by atoms with Crippen molar-refractivity contribution in [3.05, 3.63) is 69.2 Å². The Balaban J connectivity index is 1.99. The molecule has 2 aromatic carbocycles. The highest BCUT2D eigenvalue weighted by Gasteiger charge is 2.11. The van der Waals surface area contributed by atoms with Crippen LogP contribution in [0.15, 0.2) is 52.4 Å². The number of rotatable bonds is 5. The molecule has 0 radical (unpaired) electrons. The molecule has 0 spiro atoms. The minimum absolute atomic E-state index is 0.0554.